The lowest BCUT2D eigenvalue weighted by Crippen LogP contribution is -2.41. The number of carbonyl (C=O) groups excluding carboxylic acids is 1. The molecule has 7 heteroatoms. The zero-order valence-corrected chi connectivity index (χ0v) is 13.4. The monoisotopic (exact) mass is 339 g/mol. The zero-order chi connectivity index (χ0) is 17.4. The molecule has 3 aromatic rings. The Morgan fingerprint density at radius 2 is 2.16 bits per heavy atom. The minimum atomic E-state index is -0.894. The van der Waals surface area contributed by atoms with Gasteiger partial charge >= 0.3 is 5.97 Å². The summed E-state index contributed by atoms with van der Waals surface area (Å²) in [6.45, 7) is 0. The maximum atomic E-state index is 12.2. The molecule has 4 rings (SSSR count). The van der Waals surface area contributed by atoms with Crippen LogP contribution in [-0.2, 0) is 9.59 Å². The molecule has 7 nitrogen and oxygen atoms in total. The first-order valence-electron chi connectivity index (χ1n) is 8.13. The molecular weight excluding hydrogens is 322 g/mol. The molecule has 1 fully saturated rings. The van der Waals surface area contributed by atoms with Gasteiger partial charge in [0.05, 0.1) is 22.7 Å². The Labute approximate surface area is 143 Å². The number of fused-ring (bicyclic) bond motifs is 1. The summed E-state index contributed by atoms with van der Waals surface area (Å²) in [4.78, 5) is 31.2. The Kier molecular flexibility index (Phi) is 3.56. The SMILES string of the molecule is O=C(CC1(C(=O)O)CCC1)Nc1ccc2nc(-c3ccco3)[nH]c2c1. The maximum absolute atomic E-state index is 12.2. The van der Waals surface area contributed by atoms with Crippen LogP contribution < -0.4 is 5.32 Å². The third kappa shape index (κ3) is 2.77. The molecule has 25 heavy (non-hydrogen) atoms. The topological polar surface area (TPSA) is 108 Å². The van der Waals surface area contributed by atoms with E-state index in [1.165, 1.54) is 0 Å². The lowest BCUT2D eigenvalue weighted by Gasteiger charge is -2.36. The molecule has 0 bridgehead atoms. The minimum absolute atomic E-state index is 0.000984. The van der Waals surface area contributed by atoms with E-state index in [-0.39, 0.29) is 12.3 Å². The van der Waals surface area contributed by atoms with E-state index in [4.69, 9.17) is 4.42 Å². The van der Waals surface area contributed by atoms with Crippen LogP contribution in [0, 0.1) is 5.41 Å². The van der Waals surface area contributed by atoms with Gasteiger partial charge in [0.15, 0.2) is 11.6 Å². The highest BCUT2D eigenvalue weighted by Crippen LogP contribution is 2.44. The molecule has 0 saturated heterocycles. The van der Waals surface area contributed by atoms with Crippen molar-refractivity contribution < 1.29 is 19.1 Å². The number of carbonyl (C=O) groups is 2. The van der Waals surface area contributed by atoms with Crippen LogP contribution in [0.1, 0.15) is 25.7 Å². The molecule has 1 aliphatic rings. The summed E-state index contributed by atoms with van der Waals surface area (Å²) in [5, 5.41) is 12.1. The highest BCUT2D eigenvalue weighted by Gasteiger charge is 2.45. The van der Waals surface area contributed by atoms with Crippen LogP contribution in [0.4, 0.5) is 5.69 Å². The van der Waals surface area contributed by atoms with Crippen molar-refractivity contribution in [2.45, 2.75) is 25.7 Å². The molecular formula is C18H17N3O4. The molecule has 1 aliphatic carbocycles. The van der Waals surface area contributed by atoms with Gasteiger partial charge in [0.1, 0.15) is 0 Å². The van der Waals surface area contributed by atoms with Crippen molar-refractivity contribution in [2.75, 3.05) is 5.32 Å². The van der Waals surface area contributed by atoms with Crippen molar-refractivity contribution in [3.63, 3.8) is 0 Å². The van der Waals surface area contributed by atoms with Crippen LogP contribution in [0.5, 0.6) is 0 Å². The number of nitrogens with zero attached hydrogens (tertiary/aromatic N) is 1. The lowest BCUT2D eigenvalue weighted by atomic mass is 9.66. The summed E-state index contributed by atoms with van der Waals surface area (Å²) in [7, 11) is 0. The molecule has 2 heterocycles. The molecule has 0 aliphatic heterocycles. The average Bonchev–Trinajstić information content (AvgIpc) is 3.18. The van der Waals surface area contributed by atoms with E-state index in [1.807, 2.05) is 6.07 Å². The number of furan rings is 1. The number of anilines is 1. The summed E-state index contributed by atoms with van der Waals surface area (Å²) < 4.78 is 5.32. The number of rotatable bonds is 5. The van der Waals surface area contributed by atoms with Gasteiger partial charge in [-0.25, -0.2) is 4.98 Å². The summed E-state index contributed by atoms with van der Waals surface area (Å²) in [6.07, 6.45) is 3.55. The van der Waals surface area contributed by atoms with Crippen LogP contribution in [0.15, 0.2) is 41.0 Å². The predicted octanol–water partition coefficient (Wildman–Crippen LogP) is 3.41. The first-order valence-corrected chi connectivity index (χ1v) is 8.13. The van der Waals surface area contributed by atoms with E-state index in [0.29, 0.717) is 30.1 Å². The molecule has 1 saturated carbocycles. The van der Waals surface area contributed by atoms with Gasteiger partial charge in [-0.1, -0.05) is 6.42 Å². The molecule has 0 radical (unpaired) electrons. The van der Waals surface area contributed by atoms with E-state index in [2.05, 4.69) is 15.3 Å². The second-order valence-corrected chi connectivity index (χ2v) is 6.46. The van der Waals surface area contributed by atoms with E-state index in [0.717, 1.165) is 17.5 Å². The fourth-order valence-corrected chi connectivity index (χ4v) is 3.20. The second kappa shape index (κ2) is 5.77. The normalized spacial score (nSPS) is 15.7. The highest BCUT2D eigenvalue weighted by molar-refractivity contribution is 5.96. The number of H-pyrrole nitrogens is 1. The first kappa shape index (κ1) is 15.4. The van der Waals surface area contributed by atoms with Crippen LogP contribution >= 0.6 is 0 Å². The molecule has 0 atom stereocenters. The predicted molar refractivity (Wildman–Crippen MR) is 91.0 cm³/mol. The summed E-state index contributed by atoms with van der Waals surface area (Å²) in [5.74, 6) is 0.0752. The standard InChI is InChI=1S/C18H17N3O4/c22-15(10-18(17(23)24)6-2-7-18)19-11-4-5-12-13(9-11)21-16(20-12)14-3-1-8-25-14/h1,3-5,8-9H,2,6-7,10H2,(H,19,22)(H,20,21)(H,23,24). The molecule has 128 valence electrons. The number of hydrogen-bond donors (Lipinski definition) is 3. The molecule has 1 amide bonds. The Morgan fingerprint density at radius 1 is 1.32 bits per heavy atom. The Bertz CT molecular complexity index is 939. The van der Waals surface area contributed by atoms with Crippen LogP contribution in [-0.4, -0.2) is 27.0 Å². The van der Waals surface area contributed by atoms with Gasteiger partial charge in [0.2, 0.25) is 5.91 Å². The average molecular weight is 339 g/mol. The maximum Gasteiger partial charge on any atom is 0.310 e. The molecule has 3 N–H and O–H groups in total. The van der Waals surface area contributed by atoms with E-state index in [1.54, 1.807) is 30.5 Å². The van der Waals surface area contributed by atoms with Crippen LogP contribution in [0.2, 0.25) is 0 Å². The third-order valence-corrected chi connectivity index (χ3v) is 4.78. The van der Waals surface area contributed by atoms with E-state index < -0.39 is 11.4 Å². The van der Waals surface area contributed by atoms with Crippen molar-refractivity contribution >= 4 is 28.6 Å². The lowest BCUT2D eigenvalue weighted by molar-refractivity contribution is -0.157. The van der Waals surface area contributed by atoms with Crippen LogP contribution in [0.25, 0.3) is 22.6 Å². The van der Waals surface area contributed by atoms with Gasteiger partial charge in [-0.05, 0) is 43.2 Å². The van der Waals surface area contributed by atoms with Crippen LogP contribution in [0.3, 0.4) is 0 Å². The van der Waals surface area contributed by atoms with Gasteiger partial charge < -0.3 is 19.8 Å². The number of nitrogens with one attached hydrogen (secondary N) is 2. The summed E-state index contributed by atoms with van der Waals surface area (Å²) in [5.41, 5.74) is 1.23. The quantitative estimate of drug-likeness (QED) is 0.660. The highest BCUT2D eigenvalue weighted by atomic mass is 16.4. The minimum Gasteiger partial charge on any atom is -0.481 e. The molecule has 0 spiro atoms. The number of carboxylic acids is 1. The summed E-state index contributed by atoms with van der Waals surface area (Å²) >= 11 is 0. The number of carboxylic acid groups (broad SMARTS) is 1. The van der Waals surface area contributed by atoms with Crippen molar-refractivity contribution in [1.82, 2.24) is 9.97 Å². The largest absolute Gasteiger partial charge is 0.481 e. The van der Waals surface area contributed by atoms with Gasteiger partial charge in [0.25, 0.3) is 0 Å². The number of benzene rings is 1. The molecule has 2 aromatic heterocycles. The number of imidazole rings is 1. The second-order valence-electron chi connectivity index (χ2n) is 6.46. The number of aromatic amines is 1. The van der Waals surface area contributed by atoms with Crippen molar-refractivity contribution in [3.05, 3.63) is 36.6 Å². The fraction of sp³-hybridized carbons (Fsp3) is 0.278. The van der Waals surface area contributed by atoms with Gasteiger partial charge in [-0.2, -0.15) is 0 Å². The Balaban J connectivity index is 1.52. The number of aromatic nitrogens is 2. The molecule has 1 aromatic carbocycles. The Hall–Kier alpha value is -3.09. The van der Waals surface area contributed by atoms with Gasteiger partial charge in [-0.15, -0.1) is 0 Å². The van der Waals surface area contributed by atoms with E-state index in [9.17, 15) is 14.7 Å². The van der Waals surface area contributed by atoms with Gasteiger partial charge in [0, 0.05) is 12.1 Å². The van der Waals surface area contributed by atoms with Crippen molar-refractivity contribution in [1.29, 1.82) is 0 Å². The molecule has 0 unspecified atom stereocenters. The summed E-state index contributed by atoms with van der Waals surface area (Å²) in [6, 6.07) is 8.92. The van der Waals surface area contributed by atoms with Crippen molar-refractivity contribution in [3.8, 4) is 11.6 Å². The fourth-order valence-electron chi connectivity index (χ4n) is 3.20. The van der Waals surface area contributed by atoms with E-state index >= 15 is 0 Å². The first-order chi connectivity index (χ1) is 12.1. The zero-order valence-electron chi connectivity index (χ0n) is 13.4. The Morgan fingerprint density at radius 3 is 2.80 bits per heavy atom. The number of hydrogen-bond acceptors (Lipinski definition) is 4. The number of aliphatic carboxylic acids is 1. The number of amides is 1. The van der Waals surface area contributed by atoms with Gasteiger partial charge in [-0.3, -0.25) is 9.59 Å². The smallest absolute Gasteiger partial charge is 0.310 e. The third-order valence-electron chi connectivity index (χ3n) is 4.78. The van der Waals surface area contributed by atoms with Crippen molar-refractivity contribution in [2.24, 2.45) is 5.41 Å².